The van der Waals surface area contributed by atoms with Crippen LogP contribution in [-0.2, 0) is 4.74 Å². The van der Waals surface area contributed by atoms with Crippen LogP contribution in [0.25, 0.3) is 0 Å². The number of likely N-dealkylation sites (N-methyl/N-ethyl adjacent to an activating group) is 1. The van der Waals surface area contributed by atoms with E-state index in [1.54, 1.807) is 7.11 Å². The van der Waals surface area contributed by atoms with Crippen molar-refractivity contribution in [2.24, 2.45) is 0 Å². The molecule has 1 atom stereocenters. The van der Waals surface area contributed by atoms with E-state index in [9.17, 15) is 0 Å². The minimum absolute atomic E-state index is 0.722. The number of rotatable bonds is 3. The molecule has 0 aliphatic carbocycles. The molecule has 0 spiro atoms. The van der Waals surface area contributed by atoms with Gasteiger partial charge in [0, 0.05) is 19.7 Å². The first-order chi connectivity index (χ1) is 5.38. The molecule has 1 saturated heterocycles. The number of likely N-dealkylation sites (tertiary alicyclic amines) is 1. The molecule has 11 heavy (non-hydrogen) atoms. The quantitative estimate of drug-likeness (QED) is 0.622. The zero-order valence-corrected chi connectivity index (χ0v) is 8.26. The highest BCUT2D eigenvalue weighted by Gasteiger charge is 2.25. The lowest BCUT2D eigenvalue weighted by atomic mass is 10.1. The third-order valence-electron chi connectivity index (χ3n) is 2.03. The van der Waals surface area contributed by atoms with Gasteiger partial charge in [-0.25, -0.2) is 0 Å². The molecule has 1 rings (SSSR count). The minimum Gasteiger partial charge on any atom is -0.383 e. The van der Waals surface area contributed by atoms with Crippen molar-refractivity contribution in [3.8, 4) is 0 Å². The Kier molecular flexibility index (Phi) is 6.57. The third-order valence-corrected chi connectivity index (χ3v) is 2.03. The average Bonchev–Trinajstić information content (AvgIpc) is 2.03. The summed E-state index contributed by atoms with van der Waals surface area (Å²) in [5.41, 5.74) is 0. The number of methoxy groups -OCH3 is 1. The van der Waals surface area contributed by atoms with Crippen LogP contribution in [-0.4, -0.2) is 37.7 Å². The van der Waals surface area contributed by atoms with Gasteiger partial charge in [-0.1, -0.05) is 20.8 Å². The maximum absolute atomic E-state index is 5.04. The largest absolute Gasteiger partial charge is 0.383 e. The zero-order valence-electron chi connectivity index (χ0n) is 8.26. The fraction of sp³-hybridized carbons (Fsp3) is 1.00. The molecule has 0 saturated carbocycles. The third kappa shape index (κ3) is 3.21. The molecule has 0 aromatic rings. The van der Waals surface area contributed by atoms with Crippen molar-refractivity contribution in [3.05, 3.63) is 0 Å². The first-order valence-electron chi connectivity index (χ1n) is 4.61. The molecule has 0 radical (unpaired) electrons. The Labute approximate surface area is 70.5 Å². The van der Waals surface area contributed by atoms with E-state index in [2.05, 4.69) is 11.8 Å². The molecule has 2 nitrogen and oxygen atoms in total. The van der Waals surface area contributed by atoms with Crippen LogP contribution in [0.3, 0.4) is 0 Å². The van der Waals surface area contributed by atoms with Gasteiger partial charge in [-0.15, -0.1) is 0 Å². The van der Waals surface area contributed by atoms with Crippen LogP contribution in [0.4, 0.5) is 0 Å². The molecule has 0 N–H and O–H groups in total. The summed E-state index contributed by atoms with van der Waals surface area (Å²) in [6.45, 7) is 9.55. The molecule has 68 valence electrons. The highest BCUT2D eigenvalue weighted by molar-refractivity contribution is 4.80. The zero-order chi connectivity index (χ0) is 8.69. The number of ether oxygens (including phenoxy) is 1. The van der Waals surface area contributed by atoms with Crippen molar-refractivity contribution in [2.45, 2.75) is 33.2 Å². The molecule has 2 heteroatoms. The van der Waals surface area contributed by atoms with Crippen molar-refractivity contribution in [2.75, 3.05) is 26.8 Å². The Morgan fingerprint density at radius 1 is 1.45 bits per heavy atom. The standard InChI is InChI=1S/C7H15NO.C2H6/c1-3-8-5-4-7(8)6-9-2;1-2/h7H,3-6H2,1-2H3;1-2H3. The van der Waals surface area contributed by atoms with Gasteiger partial charge in [0.15, 0.2) is 0 Å². The molecule has 0 aromatic carbocycles. The predicted octanol–water partition coefficient (Wildman–Crippen LogP) is 1.75. The smallest absolute Gasteiger partial charge is 0.0618 e. The Bertz CT molecular complexity index is 83.6. The number of hydrogen-bond acceptors (Lipinski definition) is 2. The monoisotopic (exact) mass is 159 g/mol. The highest BCUT2D eigenvalue weighted by Crippen LogP contribution is 2.15. The first-order valence-corrected chi connectivity index (χ1v) is 4.61. The summed E-state index contributed by atoms with van der Waals surface area (Å²) in [5, 5.41) is 0. The molecule has 0 aromatic heterocycles. The first kappa shape index (κ1) is 10.9. The van der Waals surface area contributed by atoms with Gasteiger partial charge >= 0.3 is 0 Å². The van der Waals surface area contributed by atoms with Gasteiger partial charge in [-0.3, -0.25) is 4.90 Å². The summed E-state index contributed by atoms with van der Waals surface area (Å²) < 4.78 is 5.04. The molecule has 0 amide bonds. The lowest BCUT2D eigenvalue weighted by molar-refractivity contribution is 0.0279. The maximum atomic E-state index is 5.04. The van der Waals surface area contributed by atoms with E-state index >= 15 is 0 Å². The van der Waals surface area contributed by atoms with Crippen LogP contribution in [0.5, 0.6) is 0 Å². The molecule has 1 aliphatic rings. The second-order valence-corrected chi connectivity index (χ2v) is 2.53. The SMILES string of the molecule is CC.CCN1CCC1COC. The van der Waals surface area contributed by atoms with E-state index in [4.69, 9.17) is 4.74 Å². The molecule has 0 bridgehead atoms. The summed E-state index contributed by atoms with van der Waals surface area (Å²) >= 11 is 0. The summed E-state index contributed by atoms with van der Waals surface area (Å²) in [6.07, 6.45) is 1.32. The van der Waals surface area contributed by atoms with Crippen molar-refractivity contribution >= 4 is 0 Å². The van der Waals surface area contributed by atoms with Crippen LogP contribution in [0.1, 0.15) is 27.2 Å². The van der Waals surface area contributed by atoms with Crippen LogP contribution in [0.2, 0.25) is 0 Å². The molecule has 1 unspecified atom stereocenters. The van der Waals surface area contributed by atoms with Crippen LogP contribution in [0.15, 0.2) is 0 Å². The molecule has 1 heterocycles. The van der Waals surface area contributed by atoms with Gasteiger partial charge in [-0.05, 0) is 13.0 Å². The minimum atomic E-state index is 0.722. The molecular formula is C9H21NO. The summed E-state index contributed by atoms with van der Waals surface area (Å²) in [4.78, 5) is 2.43. The second kappa shape index (κ2) is 6.62. The van der Waals surface area contributed by atoms with Crippen molar-refractivity contribution in [3.63, 3.8) is 0 Å². The van der Waals surface area contributed by atoms with Crippen LogP contribution < -0.4 is 0 Å². The van der Waals surface area contributed by atoms with Gasteiger partial charge in [0.1, 0.15) is 0 Å². The number of nitrogens with zero attached hydrogens (tertiary/aromatic N) is 1. The van der Waals surface area contributed by atoms with Crippen molar-refractivity contribution < 1.29 is 4.74 Å². The van der Waals surface area contributed by atoms with E-state index in [0.717, 1.165) is 12.6 Å². The van der Waals surface area contributed by atoms with Gasteiger partial charge in [0.05, 0.1) is 6.61 Å². The summed E-state index contributed by atoms with van der Waals surface area (Å²) in [7, 11) is 1.77. The second-order valence-electron chi connectivity index (χ2n) is 2.53. The maximum Gasteiger partial charge on any atom is 0.0618 e. The predicted molar refractivity (Wildman–Crippen MR) is 48.9 cm³/mol. The van der Waals surface area contributed by atoms with Gasteiger partial charge in [0.2, 0.25) is 0 Å². The van der Waals surface area contributed by atoms with E-state index in [0.29, 0.717) is 0 Å². The normalized spacial score (nSPS) is 23.5. The molecule has 1 fully saturated rings. The van der Waals surface area contributed by atoms with Gasteiger partial charge in [0.25, 0.3) is 0 Å². The lowest BCUT2D eigenvalue weighted by Gasteiger charge is -2.39. The molecular weight excluding hydrogens is 138 g/mol. The Hall–Kier alpha value is -0.0800. The van der Waals surface area contributed by atoms with Gasteiger partial charge < -0.3 is 4.74 Å². The Morgan fingerprint density at radius 2 is 2.09 bits per heavy atom. The lowest BCUT2D eigenvalue weighted by Crippen LogP contribution is -2.49. The average molecular weight is 159 g/mol. The Balaban J connectivity index is 0.000000461. The van der Waals surface area contributed by atoms with E-state index in [1.165, 1.54) is 19.5 Å². The number of hydrogen-bond donors (Lipinski definition) is 0. The van der Waals surface area contributed by atoms with Gasteiger partial charge in [-0.2, -0.15) is 0 Å². The van der Waals surface area contributed by atoms with Crippen molar-refractivity contribution in [1.82, 2.24) is 4.90 Å². The fourth-order valence-corrected chi connectivity index (χ4v) is 1.29. The Morgan fingerprint density at radius 3 is 2.36 bits per heavy atom. The topological polar surface area (TPSA) is 12.5 Å². The molecule has 1 aliphatic heterocycles. The fourth-order valence-electron chi connectivity index (χ4n) is 1.29. The van der Waals surface area contributed by atoms with E-state index in [-0.39, 0.29) is 0 Å². The summed E-state index contributed by atoms with van der Waals surface area (Å²) in [5.74, 6) is 0. The highest BCUT2D eigenvalue weighted by atomic mass is 16.5. The summed E-state index contributed by atoms with van der Waals surface area (Å²) in [6, 6.07) is 0.722. The van der Waals surface area contributed by atoms with Crippen LogP contribution >= 0.6 is 0 Å². The van der Waals surface area contributed by atoms with Crippen LogP contribution in [0, 0.1) is 0 Å². The van der Waals surface area contributed by atoms with E-state index in [1.807, 2.05) is 13.8 Å². The van der Waals surface area contributed by atoms with Crippen molar-refractivity contribution in [1.29, 1.82) is 0 Å². The van der Waals surface area contributed by atoms with E-state index < -0.39 is 0 Å².